The molecule has 3 heterocycles. The van der Waals surface area contributed by atoms with E-state index in [-0.39, 0.29) is 12.8 Å². The van der Waals surface area contributed by atoms with E-state index in [2.05, 4.69) is 10.5 Å². The fourth-order valence-corrected chi connectivity index (χ4v) is 4.58. The minimum atomic E-state index is -0.458. The molecular weight excluding hydrogens is 472 g/mol. The number of aromatic nitrogens is 2. The van der Waals surface area contributed by atoms with Crippen molar-refractivity contribution in [3.63, 3.8) is 0 Å². The van der Waals surface area contributed by atoms with Crippen LogP contribution in [-0.4, -0.2) is 35.0 Å². The highest BCUT2D eigenvalue weighted by Crippen LogP contribution is 2.39. The third-order valence-corrected chi connectivity index (χ3v) is 6.49. The standard InChI is InChI=1S/C28H24N4O5/c1-17-24(27-30-26(31-37-27)20-9-6-10-21(14-20)34-2)25(19-7-4-3-5-8-19)29-28(33)32(17)15-18-11-12-22-23(13-18)36-16-35-22/h3-14,25H,15-16H2,1-2H3,(H,29,33). The lowest BCUT2D eigenvalue weighted by molar-refractivity contribution is 0.174. The zero-order valence-corrected chi connectivity index (χ0v) is 20.3. The van der Waals surface area contributed by atoms with Crippen LogP contribution in [0.2, 0.25) is 0 Å². The normalized spacial score (nSPS) is 16.6. The Morgan fingerprint density at radius 1 is 1.03 bits per heavy atom. The van der Waals surface area contributed by atoms with Gasteiger partial charge in [-0.1, -0.05) is 53.7 Å². The lowest BCUT2D eigenvalue weighted by Crippen LogP contribution is -2.45. The topological polar surface area (TPSA) is 99.0 Å². The Kier molecular flexibility index (Phi) is 5.72. The van der Waals surface area contributed by atoms with E-state index in [1.165, 1.54) is 0 Å². The summed E-state index contributed by atoms with van der Waals surface area (Å²) in [5.74, 6) is 2.82. The maximum Gasteiger partial charge on any atom is 0.322 e. The number of fused-ring (bicyclic) bond motifs is 1. The number of methoxy groups -OCH3 is 1. The Hall–Kier alpha value is -4.79. The Morgan fingerprint density at radius 2 is 1.86 bits per heavy atom. The number of allylic oxidation sites excluding steroid dienone is 1. The Bertz CT molecular complexity index is 1500. The molecule has 0 saturated heterocycles. The van der Waals surface area contributed by atoms with Crippen LogP contribution in [0, 0.1) is 0 Å². The van der Waals surface area contributed by atoms with Crippen LogP contribution in [0.15, 0.2) is 83.0 Å². The summed E-state index contributed by atoms with van der Waals surface area (Å²) in [7, 11) is 1.61. The molecule has 0 bridgehead atoms. The number of amides is 2. The molecule has 0 fully saturated rings. The van der Waals surface area contributed by atoms with Gasteiger partial charge in [0.05, 0.1) is 25.3 Å². The summed E-state index contributed by atoms with van der Waals surface area (Å²) in [6, 6.07) is 22.2. The van der Waals surface area contributed by atoms with Crippen molar-refractivity contribution in [1.29, 1.82) is 0 Å². The second-order valence-corrected chi connectivity index (χ2v) is 8.72. The van der Waals surface area contributed by atoms with Gasteiger partial charge in [0.15, 0.2) is 11.5 Å². The van der Waals surface area contributed by atoms with Crippen LogP contribution in [0.5, 0.6) is 17.2 Å². The number of benzene rings is 3. The summed E-state index contributed by atoms with van der Waals surface area (Å²) in [5.41, 5.74) is 4.03. The highest BCUT2D eigenvalue weighted by molar-refractivity contribution is 5.87. The number of hydrogen-bond acceptors (Lipinski definition) is 7. The fraction of sp³-hybridized carbons (Fsp3) is 0.179. The Morgan fingerprint density at radius 3 is 2.70 bits per heavy atom. The van der Waals surface area contributed by atoms with Gasteiger partial charge in [0, 0.05) is 11.3 Å². The van der Waals surface area contributed by atoms with Crippen LogP contribution in [0.1, 0.15) is 30.0 Å². The van der Waals surface area contributed by atoms with E-state index in [0.717, 1.165) is 28.0 Å². The monoisotopic (exact) mass is 496 g/mol. The molecule has 37 heavy (non-hydrogen) atoms. The number of ether oxygens (including phenoxy) is 3. The SMILES string of the molecule is COc1cccc(-c2noc(C3=C(C)N(Cc4ccc5c(c4)OCO5)C(=O)NC3c3ccccc3)n2)c1. The molecule has 0 aliphatic carbocycles. The van der Waals surface area contributed by atoms with Crippen LogP contribution < -0.4 is 19.5 Å². The van der Waals surface area contributed by atoms with Crippen molar-refractivity contribution in [2.75, 3.05) is 13.9 Å². The number of carbonyl (C=O) groups excluding carboxylic acids is 1. The van der Waals surface area contributed by atoms with Gasteiger partial charge >= 0.3 is 6.03 Å². The van der Waals surface area contributed by atoms with Crippen molar-refractivity contribution >= 4 is 11.6 Å². The first-order valence-electron chi connectivity index (χ1n) is 11.8. The molecule has 9 nitrogen and oxygen atoms in total. The molecule has 2 aliphatic rings. The second-order valence-electron chi connectivity index (χ2n) is 8.72. The first-order chi connectivity index (χ1) is 18.1. The largest absolute Gasteiger partial charge is 0.497 e. The van der Waals surface area contributed by atoms with Crippen molar-refractivity contribution in [1.82, 2.24) is 20.4 Å². The molecule has 1 unspecified atom stereocenters. The van der Waals surface area contributed by atoms with Crippen molar-refractivity contribution < 1.29 is 23.5 Å². The Balaban J connectivity index is 1.41. The quantitative estimate of drug-likeness (QED) is 0.393. The van der Waals surface area contributed by atoms with E-state index in [9.17, 15) is 4.79 Å². The summed E-state index contributed by atoms with van der Waals surface area (Å²) in [5, 5.41) is 7.36. The highest BCUT2D eigenvalue weighted by atomic mass is 16.7. The lowest BCUT2D eigenvalue weighted by Gasteiger charge is -2.35. The molecule has 0 spiro atoms. The summed E-state index contributed by atoms with van der Waals surface area (Å²) in [6.45, 7) is 2.42. The number of nitrogens with one attached hydrogen (secondary N) is 1. The van der Waals surface area contributed by atoms with Crippen molar-refractivity contribution in [2.24, 2.45) is 0 Å². The maximum atomic E-state index is 13.3. The molecule has 3 aromatic carbocycles. The van der Waals surface area contributed by atoms with Gasteiger partial charge in [-0.3, -0.25) is 4.90 Å². The van der Waals surface area contributed by atoms with Gasteiger partial charge in [-0.2, -0.15) is 4.98 Å². The van der Waals surface area contributed by atoms with Crippen molar-refractivity contribution in [3.05, 3.63) is 95.5 Å². The Labute approximate surface area is 213 Å². The molecule has 1 N–H and O–H groups in total. The number of carbonyl (C=O) groups is 1. The van der Waals surface area contributed by atoms with E-state index >= 15 is 0 Å². The summed E-state index contributed by atoms with van der Waals surface area (Å²) >= 11 is 0. The zero-order chi connectivity index (χ0) is 25.4. The van der Waals surface area contributed by atoms with Gasteiger partial charge in [-0.05, 0) is 42.3 Å². The predicted molar refractivity (Wildman–Crippen MR) is 135 cm³/mol. The van der Waals surface area contributed by atoms with Gasteiger partial charge in [0.2, 0.25) is 12.6 Å². The van der Waals surface area contributed by atoms with E-state index in [0.29, 0.717) is 35.5 Å². The molecule has 1 aromatic heterocycles. The van der Waals surface area contributed by atoms with E-state index in [1.54, 1.807) is 12.0 Å². The molecule has 186 valence electrons. The lowest BCUT2D eigenvalue weighted by atomic mass is 9.94. The highest BCUT2D eigenvalue weighted by Gasteiger charge is 2.36. The zero-order valence-electron chi connectivity index (χ0n) is 20.3. The van der Waals surface area contributed by atoms with Crippen molar-refractivity contribution in [2.45, 2.75) is 19.5 Å². The molecule has 4 aromatic rings. The first-order valence-corrected chi connectivity index (χ1v) is 11.8. The fourth-order valence-electron chi connectivity index (χ4n) is 4.58. The average Bonchev–Trinajstić information content (AvgIpc) is 3.61. The molecule has 0 radical (unpaired) electrons. The molecule has 9 heteroatoms. The van der Waals surface area contributed by atoms with Crippen LogP contribution in [0.3, 0.4) is 0 Å². The summed E-state index contributed by atoms with van der Waals surface area (Å²) in [6.07, 6.45) is 0. The minimum absolute atomic E-state index is 0.192. The number of urea groups is 1. The smallest absolute Gasteiger partial charge is 0.322 e. The van der Waals surface area contributed by atoms with E-state index < -0.39 is 6.04 Å². The van der Waals surface area contributed by atoms with Crippen LogP contribution in [0.25, 0.3) is 17.0 Å². The molecular formula is C28H24N4O5. The van der Waals surface area contributed by atoms with Crippen molar-refractivity contribution in [3.8, 4) is 28.6 Å². The predicted octanol–water partition coefficient (Wildman–Crippen LogP) is 5.17. The van der Waals surface area contributed by atoms with Gasteiger partial charge < -0.3 is 24.1 Å². The third-order valence-electron chi connectivity index (χ3n) is 6.49. The molecule has 2 amide bonds. The maximum absolute atomic E-state index is 13.3. The molecule has 2 aliphatic heterocycles. The van der Waals surface area contributed by atoms with Crippen LogP contribution in [-0.2, 0) is 6.54 Å². The minimum Gasteiger partial charge on any atom is -0.497 e. The summed E-state index contributed by atoms with van der Waals surface area (Å²) in [4.78, 5) is 19.7. The second kappa shape index (κ2) is 9.34. The van der Waals surface area contributed by atoms with Gasteiger partial charge in [0.1, 0.15) is 5.75 Å². The summed E-state index contributed by atoms with van der Waals surface area (Å²) < 4.78 is 22.0. The van der Waals surface area contributed by atoms with E-state index in [1.807, 2.05) is 79.7 Å². The molecule has 1 atom stereocenters. The van der Waals surface area contributed by atoms with Gasteiger partial charge in [-0.15, -0.1) is 0 Å². The van der Waals surface area contributed by atoms with Gasteiger partial charge in [-0.25, -0.2) is 4.79 Å². The molecule has 0 saturated carbocycles. The number of nitrogens with zero attached hydrogens (tertiary/aromatic N) is 3. The van der Waals surface area contributed by atoms with Crippen LogP contribution in [0.4, 0.5) is 4.79 Å². The molecule has 6 rings (SSSR count). The van der Waals surface area contributed by atoms with Crippen LogP contribution >= 0.6 is 0 Å². The number of hydrogen-bond donors (Lipinski definition) is 1. The number of rotatable bonds is 6. The third kappa shape index (κ3) is 4.24. The van der Waals surface area contributed by atoms with E-state index in [4.69, 9.17) is 23.7 Å². The first kappa shape index (κ1) is 22.7. The van der Waals surface area contributed by atoms with Gasteiger partial charge in [0.25, 0.3) is 5.89 Å². The average molecular weight is 497 g/mol.